The summed E-state index contributed by atoms with van der Waals surface area (Å²) in [6.07, 6.45) is 7.63. The molecule has 1 aromatic rings. The van der Waals surface area contributed by atoms with Crippen LogP contribution in [-0.2, 0) is 0 Å². The van der Waals surface area contributed by atoms with Gasteiger partial charge in [0.25, 0.3) is 5.91 Å². The van der Waals surface area contributed by atoms with Crippen molar-refractivity contribution in [2.24, 2.45) is 11.8 Å². The van der Waals surface area contributed by atoms with E-state index in [4.69, 9.17) is 23.2 Å². The molecule has 0 radical (unpaired) electrons. The molecule has 1 aromatic heterocycles. The molecule has 0 atom stereocenters. The summed E-state index contributed by atoms with van der Waals surface area (Å²) < 4.78 is 0. The first-order valence-electron chi connectivity index (χ1n) is 7.19. The van der Waals surface area contributed by atoms with E-state index in [0.717, 1.165) is 5.92 Å². The van der Waals surface area contributed by atoms with Gasteiger partial charge in [0.2, 0.25) is 0 Å². The molecular formula is C15H20Cl2N2O. The third kappa shape index (κ3) is 4.10. The van der Waals surface area contributed by atoms with Crippen LogP contribution in [-0.4, -0.2) is 17.4 Å². The quantitative estimate of drug-likeness (QED) is 0.840. The minimum atomic E-state index is -0.170. The van der Waals surface area contributed by atoms with Crippen molar-refractivity contribution in [1.29, 1.82) is 0 Å². The van der Waals surface area contributed by atoms with Crippen LogP contribution in [0.25, 0.3) is 0 Å². The highest BCUT2D eigenvalue weighted by molar-refractivity contribution is 6.35. The Morgan fingerprint density at radius 1 is 1.30 bits per heavy atom. The van der Waals surface area contributed by atoms with E-state index < -0.39 is 0 Å². The molecule has 0 bridgehead atoms. The monoisotopic (exact) mass is 314 g/mol. The number of nitrogens with zero attached hydrogens (tertiary/aromatic N) is 1. The maximum absolute atomic E-state index is 12.1. The molecule has 2 rings (SSSR count). The Kier molecular flexibility index (Phi) is 5.67. The fraction of sp³-hybridized carbons (Fsp3) is 0.600. The molecule has 1 fully saturated rings. The van der Waals surface area contributed by atoms with Crippen molar-refractivity contribution < 1.29 is 4.79 Å². The van der Waals surface area contributed by atoms with Gasteiger partial charge in [0.05, 0.1) is 10.6 Å². The number of carbonyl (C=O) groups excluding carboxylic acids is 1. The molecule has 0 saturated heterocycles. The van der Waals surface area contributed by atoms with Crippen LogP contribution in [0.2, 0.25) is 10.2 Å². The third-order valence-electron chi connectivity index (χ3n) is 4.16. The minimum absolute atomic E-state index is 0.170. The summed E-state index contributed by atoms with van der Waals surface area (Å²) in [5, 5.41) is 3.58. The summed E-state index contributed by atoms with van der Waals surface area (Å²) in [7, 11) is 0. The minimum Gasteiger partial charge on any atom is -0.352 e. The van der Waals surface area contributed by atoms with Crippen LogP contribution in [0.15, 0.2) is 12.3 Å². The van der Waals surface area contributed by atoms with Crippen LogP contribution in [0.4, 0.5) is 0 Å². The first kappa shape index (κ1) is 15.6. The van der Waals surface area contributed by atoms with Crippen LogP contribution < -0.4 is 5.32 Å². The first-order valence-corrected chi connectivity index (χ1v) is 7.95. The van der Waals surface area contributed by atoms with E-state index in [0.29, 0.717) is 23.0 Å². The summed E-state index contributed by atoms with van der Waals surface area (Å²) in [5.41, 5.74) is 0.397. The molecule has 5 heteroatoms. The zero-order chi connectivity index (χ0) is 14.5. The average Bonchev–Trinajstić information content (AvgIpc) is 2.47. The van der Waals surface area contributed by atoms with Crippen molar-refractivity contribution in [3.05, 3.63) is 28.0 Å². The number of halogens is 2. The fourth-order valence-electron chi connectivity index (χ4n) is 2.76. The highest BCUT2D eigenvalue weighted by Crippen LogP contribution is 2.30. The number of pyridine rings is 1. The van der Waals surface area contributed by atoms with Crippen molar-refractivity contribution >= 4 is 29.1 Å². The predicted octanol–water partition coefficient (Wildman–Crippen LogP) is 4.33. The molecule has 0 aliphatic heterocycles. The zero-order valence-corrected chi connectivity index (χ0v) is 13.2. The molecule has 3 nitrogen and oxygen atoms in total. The van der Waals surface area contributed by atoms with Gasteiger partial charge in [0, 0.05) is 12.7 Å². The van der Waals surface area contributed by atoms with Gasteiger partial charge in [-0.1, -0.05) is 49.4 Å². The Balaban J connectivity index is 1.85. The lowest BCUT2D eigenvalue weighted by molar-refractivity contribution is 0.0941. The van der Waals surface area contributed by atoms with E-state index in [1.807, 2.05) is 0 Å². The van der Waals surface area contributed by atoms with Gasteiger partial charge in [-0.3, -0.25) is 4.79 Å². The summed E-state index contributed by atoms with van der Waals surface area (Å²) in [4.78, 5) is 15.9. The molecule has 0 aromatic carbocycles. The van der Waals surface area contributed by atoms with Crippen LogP contribution >= 0.6 is 23.2 Å². The number of amides is 1. The molecule has 1 heterocycles. The number of nitrogens with one attached hydrogen (secondary N) is 1. The van der Waals surface area contributed by atoms with Crippen LogP contribution in [0.3, 0.4) is 0 Å². The lowest BCUT2D eigenvalue weighted by atomic mass is 9.81. The molecule has 110 valence electrons. The van der Waals surface area contributed by atoms with Crippen molar-refractivity contribution in [1.82, 2.24) is 10.3 Å². The fourth-order valence-corrected chi connectivity index (χ4v) is 3.11. The Labute approximate surface area is 130 Å². The van der Waals surface area contributed by atoms with E-state index in [1.54, 1.807) is 0 Å². The molecule has 1 aliphatic carbocycles. The zero-order valence-electron chi connectivity index (χ0n) is 11.7. The smallest absolute Gasteiger partial charge is 0.252 e. The summed E-state index contributed by atoms with van der Waals surface area (Å²) in [6.45, 7) is 2.97. The van der Waals surface area contributed by atoms with Crippen molar-refractivity contribution in [2.75, 3.05) is 6.54 Å². The second-order valence-electron chi connectivity index (χ2n) is 5.49. The standard InChI is InChI=1S/C15H20Cl2N2O/c1-2-10-3-5-11(6-4-10)8-19-15(20)12-7-14(17)18-9-13(12)16/h7,9-11H,2-6,8H2,1H3,(H,19,20). The summed E-state index contributed by atoms with van der Waals surface area (Å²) in [6, 6.07) is 1.51. The van der Waals surface area contributed by atoms with E-state index in [2.05, 4.69) is 17.2 Å². The van der Waals surface area contributed by atoms with Crippen molar-refractivity contribution in [2.45, 2.75) is 39.0 Å². The van der Waals surface area contributed by atoms with Gasteiger partial charge in [0.1, 0.15) is 5.15 Å². The van der Waals surface area contributed by atoms with Gasteiger partial charge in [-0.05, 0) is 30.7 Å². The molecule has 1 aliphatic rings. The van der Waals surface area contributed by atoms with Crippen LogP contribution in [0, 0.1) is 11.8 Å². The Morgan fingerprint density at radius 2 is 1.95 bits per heavy atom. The molecule has 0 spiro atoms. The van der Waals surface area contributed by atoms with Gasteiger partial charge in [0.15, 0.2) is 0 Å². The van der Waals surface area contributed by atoms with Gasteiger partial charge in [-0.25, -0.2) is 4.98 Å². The van der Waals surface area contributed by atoms with Crippen LogP contribution in [0.1, 0.15) is 49.4 Å². The van der Waals surface area contributed by atoms with Crippen LogP contribution in [0.5, 0.6) is 0 Å². The number of hydrogen-bond donors (Lipinski definition) is 1. The molecule has 20 heavy (non-hydrogen) atoms. The third-order valence-corrected chi connectivity index (χ3v) is 4.67. The van der Waals surface area contributed by atoms with Gasteiger partial charge >= 0.3 is 0 Å². The van der Waals surface area contributed by atoms with E-state index in [-0.39, 0.29) is 11.1 Å². The topological polar surface area (TPSA) is 42.0 Å². The Hall–Kier alpha value is -0.800. The molecular weight excluding hydrogens is 295 g/mol. The molecule has 0 unspecified atom stereocenters. The number of rotatable bonds is 4. The van der Waals surface area contributed by atoms with Gasteiger partial charge in [-0.2, -0.15) is 0 Å². The van der Waals surface area contributed by atoms with Gasteiger partial charge < -0.3 is 5.32 Å². The number of carbonyl (C=O) groups is 1. The SMILES string of the molecule is CCC1CCC(CNC(=O)c2cc(Cl)ncc2Cl)CC1. The number of hydrogen-bond acceptors (Lipinski definition) is 2. The molecule has 1 N–H and O–H groups in total. The summed E-state index contributed by atoms with van der Waals surface area (Å²) >= 11 is 11.8. The summed E-state index contributed by atoms with van der Waals surface area (Å²) in [5.74, 6) is 1.28. The Morgan fingerprint density at radius 3 is 2.60 bits per heavy atom. The highest BCUT2D eigenvalue weighted by Gasteiger charge is 2.21. The van der Waals surface area contributed by atoms with E-state index >= 15 is 0 Å². The number of aromatic nitrogens is 1. The highest BCUT2D eigenvalue weighted by atomic mass is 35.5. The largest absolute Gasteiger partial charge is 0.352 e. The second kappa shape index (κ2) is 7.28. The van der Waals surface area contributed by atoms with Gasteiger partial charge in [-0.15, -0.1) is 0 Å². The van der Waals surface area contributed by atoms with Crippen molar-refractivity contribution in [3.8, 4) is 0 Å². The average molecular weight is 315 g/mol. The predicted molar refractivity (Wildman–Crippen MR) is 82.3 cm³/mol. The lowest BCUT2D eigenvalue weighted by Gasteiger charge is -2.27. The van der Waals surface area contributed by atoms with E-state index in [9.17, 15) is 4.79 Å². The van der Waals surface area contributed by atoms with E-state index in [1.165, 1.54) is 44.4 Å². The second-order valence-corrected chi connectivity index (χ2v) is 6.29. The Bertz CT molecular complexity index is 471. The normalized spacial score (nSPS) is 22.6. The molecule has 1 amide bonds. The first-order chi connectivity index (χ1) is 9.60. The lowest BCUT2D eigenvalue weighted by Crippen LogP contribution is -2.31. The maximum atomic E-state index is 12.1. The molecule has 1 saturated carbocycles. The van der Waals surface area contributed by atoms with Crippen molar-refractivity contribution in [3.63, 3.8) is 0 Å². The maximum Gasteiger partial charge on any atom is 0.252 e.